The third-order valence-corrected chi connectivity index (χ3v) is 6.53. The maximum Gasteiger partial charge on any atom is 0.257 e. The third kappa shape index (κ3) is 4.57. The van der Waals surface area contributed by atoms with E-state index in [1.807, 2.05) is 36.4 Å². The van der Waals surface area contributed by atoms with Crippen LogP contribution < -0.4 is 11.3 Å². The smallest absolute Gasteiger partial charge is 0.257 e. The van der Waals surface area contributed by atoms with E-state index in [-0.39, 0.29) is 18.6 Å². The number of alkyl halides is 2. The normalized spacial score (nSPS) is 20.2. The number of rotatable bonds is 6. The van der Waals surface area contributed by atoms with Crippen molar-refractivity contribution in [2.75, 3.05) is 13.1 Å². The number of primary amides is 1. The number of aromatic amines is 1. The number of pyridine rings is 2. The lowest BCUT2D eigenvalue weighted by atomic mass is 9.83. The van der Waals surface area contributed by atoms with Gasteiger partial charge in [-0.05, 0) is 36.1 Å². The highest BCUT2D eigenvalue weighted by molar-refractivity contribution is 5.85. The van der Waals surface area contributed by atoms with Crippen molar-refractivity contribution in [3.63, 3.8) is 0 Å². The van der Waals surface area contributed by atoms with Gasteiger partial charge in [-0.15, -0.1) is 0 Å². The number of nitrogens with two attached hydrogens (primary N) is 1. The van der Waals surface area contributed by atoms with Gasteiger partial charge in [0.05, 0.1) is 11.6 Å². The van der Waals surface area contributed by atoms with Crippen molar-refractivity contribution < 1.29 is 13.6 Å². The van der Waals surface area contributed by atoms with Gasteiger partial charge in [0.1, 0.15) is 5.54 Å². The molecule has 0 bridgehead atoms. The van der Waals surface area contributed by atoms with Crippen molar-refractivity contribution in [2.45, 2.75) is 37.1 Å². The van der Waals surface area contributed by atoms with Crippen LogP contribution >= 0.6 is 0 Å². The van der Waals surface area contributed by atoms with Gasteiger partial charge in [0.2, 0.25) is 11.5 Å². The van der Waals surface area contributed by atoms with Crippen LogP contribution in [-0.4, -0.2) is 39.8 Å². The van der Waals surface area contributed by atoms with Crippen molar-refractivity contribution in [3.8, 4) is 0 Å². The molecule has 3 N–H and O–H groups in total. The van der Waals surface area contributed by atoms with Gasteiger partial charge in [0.25, 0.3) is 5.92 Å². The van der Waals surface area contributed by atoms with Crippen LogP contribution in [-0.2, 0) is 16.8 Å². The Kier molecular flexibility index (Phi) is 6.12. The minimum atomic E-state index is -2.99. The first-order valence-corrected chi connectivity index (χ1v) is 10.8. The number of hydrogen-bond donors (Lipinski definition) is 2. The summed E-state index contributed by atoms with van der Waals surface area (Å²) in [6, 6.07) is 16.2. The van der Waals surface area contributed by atoms with Gasteiger partial charge in [0.15, 0.2) is 0 Å². The number of halogens is 2. The van der Waals surface area contributed by atoms with Gasteiger partial charge >= 0.3 is 0 Å². The minimum absolute atomic E-state index is 0.0141. The van der Waals surface area contributed by atoms with Crippen LogP contribution in [0.25, 0.3) is 0 Å². The Bertz CT molecular complexity index is 1160. The monoisotopic (exact) mass is 452 g/mol. The largest absolute Gasteiger partial charge is 0.368 e. The first kappa shape index (κ1) is 22.8. The number of amides is 1. The topological polar surface area (TPSA) is 92.1 Å². The maximum atomic E-state index is 14.8. The summed E-state index contributed by atoms with van der Waals surface area (Å²) in [6.07, 6.45) is 3.25. The molecule has 1 aromatic carbocycles. The molecular formula is C25H26F2N4O2. The zero-order chi connectivity index (χ0) is 23.6. The number of H-pyrrole nitrogens is 1. The molecule has 4 rings (SSSR count). The Morgan fingerprint density at radius 1 is 1.18 bits per heavy atom. The fourth-order valence-corrected chi connectivity index (χ4v) is 4.39. The highest BCUT2D eigenvalue weighted by Crippen LogP contribution is 2.43. The molecule has 3 heterocycles. The molecule has 1 amide bonds. The number of piperidine rings is 1. The highest BCUT2D eigenvalue weighted by Gasteiger charge is 2.51. The predicted molar refractivity (Wildman–Crippen MR) is 121 cm³/mol. The van der Waals surface area contributed by atoms with Crippen LogP contribution in [0.3, 0.4) is 0 Å². The second-order valence-electron chi connectivity index (χ2n) is 8.65. The average Bonchev–Trinajstić information content (AvgIpc) is 2.80. The van der Waals surface area contributed by atoms with E-state index >= 15 is 0 Å². The van der Waals surface area contributed by atoms with Gasteiger partial charge in [-0.1, -0.05) is 42.5 Å². The molecular weight excluding hydrogens is 426 g/mol. The summed E-state index contributed by atoms with van der Waals surface area (Å²) in [6.45, 7) is 1.51. The summed E-state index contributed by atoms with van der Waals surface area (Å²) in [5.41, 5.74) is 6.91. The number of nitrogens with zero attached hydrogens (tertiary/aromatic N) is 2. The molecule has 0 saturated carbocycles. The molecule has 172 valence electrons. The molecule has 1 fully saturated rings. The zero-order valence-corrected chi connectivity index (χ0v) is 18.3. The van der Waals surface area contributed by atoms with Crippen molar-refractivity contribution >= 4 is 5.91 Å². The van der Waals surface area contributed by atoms with E-state index in [1.54, 1.807) is 24.1 Å². The Morgan fingerprint density at radius 3 is 2.55 bits per heavy atom. The number of carbonyl (C=O) groups excluding carboxylic acids is 1. The SMILES string of the molecule is CC(C(N)=O)(c1ccc(Cc2ccccc2)cn1)N1CCC(F)(F)[C@@H](c2ccc(=O)[nH]c2)C1. The number of carbonyl (C=O) groups is 1. The first-order chi connectivity index (χ1) is 15.7. The second-order valence-corrected chi connectivity index (χ2v) is 8.65. The Morgan fingerprint density at radius 2 is 1.94 bits per heavy atom. The highest BCUT2D eigenvalue weighted by atomic mass is 19.3. The molecule has 2 aromatic heterocycles. The quantitative estimate of drug-likeness (QED) is 0.601. The molecule has 2 atom stereocenters. The average molecular weight is 453 g/mol. The van der Waals surface area contributed by atoms with E-state index < -0.39 is 29.7 Å². The van der Waals surface area contributed by atoms with Crippen LogP contribution in [0.5, 0.6) is 0 Å². The predicted octanol–water partition coefficient (Wildman–Crippen LogP) is 3.19. The van der Waals surface area contributed by atoms with Crippen molar-refractivity contribution in [1.29, 1.82) is 0 Å². The van der Waals surface area contributed by atoms with E-state index in [2.05, 4.69) is 9.97 Å². The van der Waals surface area contributed by atoms with E-state index in [9.17, 15) is 18.4 Å². The summed E-state index contributed by atoms with van der Waals surface area (Å²) in [5, 5.41) is 0. The lowest BCUT2D eigenvalue weighted by Gasteiger charge is -2.46. The van der Waals surface area contributed by atoms with Crippen molar-refractivity contribution in [1.82, 2.24) is 14.9 Å². The van der Waals surface area contributed by atoms with Gasteiger partial charge in [0, 0.05) is 38.0 Å². The molecule has 8 heteroatoms. The molecule has 33 heavy (non-hydrogen) atoms. The second kappa shape index (κ2) is 8.86. The Labute approximate surface area is 190 Å². The molecule has 1 saturated heterocycles. The Hall–Kier alpha value is -3.39. The molecule has 6 nitrogen and oxygen atoms in total. The van der Waals surface area contributed by atoms with Gasteiger partial charge < -0.3 is 10.7 Å². The van der Waals surface area contributed by atoms with Crippen molar-refractivity contribution in [2.24, 2.45) is 5.73 Å². The van der Waals surface area contributed by atoms with Crippen LogP contribution in [0.4, 0.5) is 8.78 Å². The number of likely N-dealkylation sites (tertiary alicyclic amines) is 1. The standard InChI is InChI=1S/C25H26F2N4O2/c1-24(23(28)33,21-9-7-18(14-29-21)13-17-5-3-2-4-6-17)31-12-11-25(26,27)20(16-31)19-8-10-22(32)30-15-19/h2-10,14-15,20H,11-13,16H2,1H3,(H2,28,33)(H,30,32)/t20-,24?/m1/s1. The summed E-state index contributed by atoms with van der Waals surface area (Å²) < 4.78 is 29.7. The van der Waals surface area contributed by atoms with Crippen LogP contribution in [0.2, 0.25) is 0 Å². The number of aromatic nitrogens is 2. The lowest BCUT2D eigenvalue weighted by Crippen LogP contribution is -2.59. The van der Waals surface area contributed by atoms with E-state index in [1.165, 1.54) is 18.3 Å². The summed E-state index contributed by atoms with van der Waals surface area (Å²) >= 11 is 0. The van der Waals surface area contributed by atoms with Gasteiger partial charge in [-0.3, -0.25) is 19.5 Å². The summed E-state index contributed by atoms with van der Waals surface area (Å²) in [7, 11) is 0. The lowest BCUT2D eigenvalue weighted by molar-refractivity contribution is -0.139. The Balaban J connectivity index is 1.62. The zero-order valence-electron chi connectivity index (χ0n) is 18.3. The molecule has 1 unspecified atom stereocenters. The van der Waals surface area contributed by atoms with Crippen LogP contribution in [0.15, 0.2) is 71.8 Å². The fourth-order valence-electron chi connectivity index (χ4n) is 4.39. The van der Waals surface area contributed by atoms with Gasteiger partial charge in [-0.25, -0.2) is 8.78 Å². The number of hydrogen-bond acceptors (Lipinski definition) is 4. The molecule has 1 aliphatic heterocycles. The number of nitrogens with one attached hydrogen (secondary N) is 1. The van der Waals surface area contributed by atoms with E-state index in [4.69, 9.17) is 5.73 Å². The molecule has 3 aromatic rings. The fraction of sp³-hybridized carbons (Fsp3) is 0.320. The van der Waals surface area contributed by atoms with Gasteiger partial charge in [-0.2, -0.15) is 0 Å². The number of benzene rings is 1. The molecule has 0 spiro atoms. The molecule has 0 aliphatic carbocycles. The summed E-state index contributed by atoms with van der Waals surface area (Å²) in [4.78, 5) is 32.7. The minimum Gasteiger partial charge on any atom is -0.368 e. The summed E-state index contributed by atoms with van der Waals surface area (Å²) in [5.74, 6) is -4.84. The van der Waals surface area contributed by atoms with Crippen LogP contribution in [0.1, 0.15) is 41.6 Å². The van der Waals surface area contributed by atoms with Crippen LogP contribution in [0, 0.1) is 0 Å². The third-order valence-electron chi connectivity index (χ3n) is 6.53. The molecule has 1 aliphatic rings. The first-order valence-electron chi connectivity index (χ1n) is 10.8. The maximum absolute atomic E-state index is 14.8. The van der Waals surface area contributed by atoms with E-state index in [0.717, 1.165) is 11.1 Å². The molecule has 0 radical (unpaired) electrons. The van der Waals surface area contributed by atoms with E-state index in [0.29, 0.717) is 17.7 Å². The van der Waals surface area contributed by atoms with Crippen molar-refractivity contribution in [3.05, 3.63) is 99.7 Å².